The normalized spacial score (nSPS) is 11.4. The molecule has 0 aromatic heterocycles. The topological polar surface area (TPSA) is 69.4 Å². The molecule has 0 saturated carbocycles. The van der Waals surface area contributed by atoms with Crippen LogP contribution in [-0.4, -0.2) is 26.5 Å². The molecule has 0 atom stereocenters. The summed E-state index contributed by atoms with van der Waals surface area (Å²) >= 11 is 0. The van der Waals surface area contributed by atoms with Gasteiger partial charge in [0.15, 0.2) is 9.84 Å². The van der Waals surface area contributed by atoms with Gasteiger partial charge in [0.05, 0.1) is 17.2 Å². The smallest absolute Gasteiger partial charge is 0.153 e. The highest BCUT2D eigenvalue weighted by molar-refractivity contribution is 7.91. The lowest BCUT2D eigenvalue weighted by Gasteiger charge is -2.10. The first-order valence-corrected chi connectivity index (χ1v) is 8.02. The van der Waals surface area contributed by atoms with E-state index in [9.17, 15) is 8.42 Å². The molecule has 0 aliphatic carbocycles. The maximum atomic E-state index is 11.5. The summed E-state index contributed by atoms with van der Waals surface area (Å²) in [6, 6.07) is 5.59. The average Bonchev–Trinajstić information content (AvgIpc) is 2.31. The van der Waals surface area contributed by atoms with Crippen molar-refractivity contribution in [3.05, 3.63) is 23.8 Å². The number of nitrogens with two attached hydrogens (primary N) is 1. The van der Waals surface area contributed by atoms with Crippen LogP contribution in [0.1, 0.15) is 25.8 Å². The van der Waals surface area contributed by atoms with Crippen LogP contribution in [0.2, 0.25) is 0 Å². The minimum atomic E-state index is -2.99. The van der Waals surface area contributed by atoms with E-state index in [4.69, 9.17) is 10.5 Å². The summed E-state index contributed by atoms with van der Waals surface area (Å²) in [6.07, 6.45) is 1.55. The Kier molecular flexibility index (Phi) is 5.47. The van der Waals surface area contributed by atoms with Gasteiger partial charge in [0, 0.05) is 0 Å². The minimum Gasteiger partial charge on any atom is -0.490 e. The summed E-state index contributed by atoms with van der Waals surface area (Å²) in [5.74, 6) is 0.801. The van der Waals surface area contributed by atoms with Crippen LogP contribution in [-0.2, 0) is 16.3 Å². The number of rotatable bonds is 7. The Morgan fingerprint density at radius 2 is 1.94 bits per heavy atom. The van der Waals surface area contributed by atoms with E-state index >= 15 is 0 Å². The van der Waals surface area contributed by atoms with Gasteiger partial charge in [-0.1, -0.05) is 19.9 Å². The van der Waals surface area contributed by atoms with Gasteiger partial charge in [-0.15, -0.1) is 0 Å². The van der Waals surface area contributed by atoms with Crippen LogP contribution in [0.3, 0.4) is 0 Å². The highest BCUT2D eigenvalue weighted by atomic mass is 32.2. The summed E-state index contributed by atoms with van der Waals surface area (Å²) < 4.78 is 28.4. The molecule has 4 nitrogen and oxygen atoms in total. The Hall–Kier alpha value is -1.23. The van der Waals surface area contributed by atoms with E-state index in [1.54, 1.807) is 6.07 Å². The van der Waals surface area contributed by atoms with Crippen LogP contribution in [0.5, 0.6) is 5.75 Å². The molecular formula is C13H21NO3S. The van der Waals surface area contributed by atoms with Gasteiger partial charge in [0.1, 0.15) is 12.4 Å². The first-order chi connectivity index (χ1) is 8.48. The number of benzene rings is 1. The van der Waals surface area contributed by atoms with E-state index in [-0.39, 0.29) is 18.1 Å². The SMILES string of the molecule is CCCS(=O)(=O)CCOc1ccc(CC)cc1N. The lowest BCUT2D eigenvalue weighted by molar-refractivity contribution is 0.342. The van der Waals surface area contributed by atoms with E-state index < -0.39 is 9.84 Å². The van der Waals surface area contributed by atoms with Crippen molar-refractivity contribution < 1.29 is 13.2 Å². The van der Waals surface area contributed by atoms with Gasteiger partial charge in [-0.05, 0) is 30.5 Å². The molecule has 102 valence electrons. The number of sulfone groups is 1. The Morgan fingerprint density at radius 1 is 1.22 bits per heavy atom. The van der Waals surface area contributed by atoms with Crippen molar-refractivity contribution in [2.24, 2.45) is 0 Å². The summed E-state index contributed by atoms with van der Waals surface area (Å²) in [6.45, 7) is 4.05. The monoisotopic (exact) mass is 271 g/mol. The third kappa shape index (κ3) is 4.56. The van der Waals surface area contributed by atoms with Crippen LogP contribution >= 0.6 is 0 Å². The van der Waals surface area contributed by atoms with Gasteiger partial charge < -0.3 is 10.5 Å². The number of nitrogen functional groups attached to an aromatic ring is 1. The molecule has 18 heavy (non-hydrogen) atoms. The third-order valence-electron chi connectivity index (χ3n) is 2.65. The molecule has 0 spiro atoms. The first kappa shape index (κ1) is 14.8. The maximum absolute atomic E-state index is 11.5. The summed E-state index contributed by atoms with van der Waals surface area (Å²) in [4.78, 5) is 0. The zero-order chi connectivity index (χ0) is 13.6. The molecule has 0 amide bonds. The van der Waals surface area contributed by atoms with Crippen molar-refractivity contribution in [2.45, 2.75) is 26.7 Å². The number of aryl methyl sites for hydroxylation is 1. The maximum Gasteiger partial charge on any atom is 0.153 e. The molecule has 0 bridgehead atoms. The standard InChI is InChI=1S/C13H21NO3S/c1-3-8-18(15,16)9-7-17-13-6-5-11(4-2)10-12(13)14/h5-6,10H,3-4,7-9,14H2,1-2H3. The summed E-state index contributed by atoms with van der Waals surface area (Å²) in [5.41, 5.74) is 7.53. The van der Waals surface area contributed by atoms with Gasteiger partial charge in [-0.25, -0.2) is 8.42 Å². The molecule has 0 unspecified atom stereocenters. The fourth-order valence-electron chi connectivity index (χ4n) is 1.64. The molecule has 5 heteroatoms. The second-order valence-corrected chi connectivity index (χ2v) is 6.53. The van der Waals surface area contributed by atoms with Gasteiger partial charge in [-0.2, -0.15) is 0 Å². The molecule has 0 aliphatic rings. The lowest BCUT2D eigenvalue weighted by atomic mass is 10.1. The number of ether oxygens (including phenoxy) is 1. The number of hydrogen-bond donors (Lipinski definition) is 1. The first-order valence-electron chi connectivity index (χ1n) is 6.20. The van der Waals surface area contributed by atoms with E-state index in [0.717, 1.165) is 12.0 Å². The minimum absolute atomic E-state index is 0.0375. The molecule has 1 rings (SSSR count). The highest BCUT2D eigenvalue weighted by Gasteiger charge is 2.10. The van der Waals surface area contributed by atoms with Crippen LogP contribution in [0.4, 0.5) is 5.69 Å². The molecule has 0 fully saturated rings. The fourth-order valence-corrected chi connectivity index (χ4v) is 2.80. The van der Waals surface area contributed by atoms with Crippen LogP contribution < -0.4 is 10.5 Å². The molecule has 0 heterocycles. The van der Waals surface area contributed by atoms with Crippen molar-refractivity contribution in [3.63, 3.8) is 0 Å². The zero-order valence-corrected chi connectivity index (χ0v) is 11.8. The largest absolute Gasteiger partial charge is 0.490 e. The van der Waals surface area contributed by atoms with Gasteiger partial charge in [0.2, 0.25) is 0 Å². The van der Waals surface area contributed by atoms with E-state index in [1.807, 2.05) is 26.0 Å². The van der Waals surface area contributed by atoms with Crippen molar-refractivity contribution >= 4 is 15.5 Å². The van der Waals surface area contributed by atoms with Crippen LogP contribution in [0.15, 0.2) is 18.2 Å². The quantitative estimate of drug-likeness (QED) is 0.770. The molecule has 1 aromatic carbocycles. The fraction of sp³-hybridized carbons (Fsp3) is 0.538. The van der Waals surface area contributed by atoms with Gasteiger partial charge in [-0.3, -0.25) is 0 Å². The molecule has 0 aliphatic heterocycles. The predicted octanol–water partition coefficient (Wildman–Crippen LogP) is 2.03. The predicted molar refractivity (Wildman–Crippen MR) is 74.7 cm³/mol. The molecule has 0 saturated heterocycles. The van der Waals surface area contributed by atoms with Gasteiger partial charge in [0.25, 0.3) is 0 Å². The van der Waals surface area contributed by atoms with Crippen LogP contribution in [0, 0.1) is 0 Å². The average molecular weight is 271 g/mol. The Morgan fingerprint density at radius 3 is 2.50 bits per heavy atom. The lowest BCUT2D eigenvalue weighted by Crippen LogP contribution is -2.17. The molecule has 1 aromatic rings. The third-order valence-corrected chi connectivity index (χ3v) is 4.47. The Balaban J connectivity index is 2.54. The second-order valence-electron chi connectivity index (χ2n) is 4.23. The molecule has 2 N–H and O–H groups in total. The van der Waals surface area contributed by atoms with Crippen molar-refractivity contribution in [1.29, 1.82) is 0 Å². The summed E-state index contributed by atoms with van der Waals surface area (Å²) in [5, 5.41) is 0. The van der Waals surface area contributed by atoms with E-state index in [1.165, 1.54) is 0 Å². The van der Waals surface area contributed by atoms with E-state index in [0.29, 0.717) is 17.9 Å². The zero-order valence-electron chi connectivity index (χ0n) is 11.0. The van der Waals surface area contributed by atoms with Crippen molar-refractivity contribution in [3.8, 4) is 5.75 Å². The molecule has 0 radical (unpaired) electrons. The Labute approximate surface area is 109 Å². The van der Waals surface area contributed by atoms with Crippen LogP contribution in [0.25, 0.3) is 0 Å². The summed E-state index contributed by atoms with van der Waals surface area (Å²) in [7, 11) is -2.99. The molecular weight excluding hydrogens is 250 g/mol. The Bertz CT molecular complexity index is 483. The van der Waals surface area contributed by atoms with Gasteiger partial charge >= 0.3 is 0 Å². The van der Waals surface area contributed by atoms with Crippen molar-refractivity contribution in [2.75, 3.05) is 23.8 Å². The van der Waals surface area contributed by atoms with E-state index in [2.05, 4.69) is 0 Å². The van der Waals surface area contributed by atoms with Crippen molar-refractivity contribution in [1.82, 2.24) is 0 Å². The number of hydrogen-bond acceptors (Lipinski definition) is 4. The highest BCUT2D eigenvalue weighted by Crippen LogP contribution is 2.22. The second kappa shape index (κ2) is 6.64. The number of anilines is 1.